The van der Waals surface area contributed by atoms with Gasteiger partial charge in [0.05, 0.1) is 0 Å². The number of unbranched alkanes of at least 4 members (excludes halogenated alkanes) is 3. The largest absolute Gasteiger partial charge is 0.330 e. The van der Waals surface area contributed by atoms with Gasteiger partial charge >= 0.3 is 0 Å². The summed E-state index contributed by atoms with van der Waals surface area (Å²) in [4.78, 5) is 0. The van der Waals surface area contributed by atoms with Crippen molar-refractivity contribution in [2.75, 3.05) is 13.1 Å². The molecule has 0 fully saturated rings. The normalized spacial score (nSPS) is 8.40. The SMILES string of the molecule is NCCCCCCN.NN. The molecule has 0 aliphatic carbocycles. The molecule has 0 aromatic carbocycles. The summed E-state index contributed by atoms with van der Waals surface area (Å²) < 4.78 is 0. The summed E-state index contributed by atoms with van der Waals surface area (Å²) in [5, 5.41) is 0. The highest BCUT2D eigenvalue weighted by Gasteiger charge is 1.83. The Bertz CT molecular complexity index is 34.7. The van der Waals surface area contributed by atoms with Crippen LogP contribution in [0.3, 0.4) is 0 Å². The van der Waals surface area contributed by atoms with Gasteiger partial charge in [-0.3, -0.25) is 11.7 Å². The zero-order chi connectivity index (χ0) is 8.24. The molecule has 0 bridgehead atoms. The van der Waals surface area contributed by atoms with Crippen LogP contribution in [-0.4, -0.2) is 13.1 Å². The monoisotopic (exact) mass is 148 g/mol. The molecule has 64 valence electrons. The maximum absolute atomic E-state index is 5.28. The van der Waals surface area contributed by atoms with Crippen molar-refractivity contribution in [3.63, 3.8) is 0 Å². The average molecular weight is 148 g/mol. The minimum Gasteiger partial charge on any atom is -0.330 e. The van der Waals surface area contributed by atoms with E-state index in [-0.39, 0.29) is 0 Å². The van der Waals surface area contributed by atoms with Crippen LogP contribution < -0.4 is 23.2 Å². The van der Waals surface area contributed by atoms with E-state index in [1.807, 2.05) is 0 Å². The van der Waals surface area contributed by atoms with Crippen molar-refractivity contribution in [2.45, 2.75) is 25.7 Å². The summed E-state index contributed by atoms with van der Waals surface area (Å²) in [6.07, 6.45) is 4.79. The second-order valence-corrected chi connectivity index (χ2v) is 1.99. The van der Waals surface area contributed by atoms with Gasteiger partial charge in [0.1, 0.15) is 0 Å². The van der Waals surface area contributed by atoms with Gasteiger partial charge in [0, 0.05) is 0 Å². The van der Waals surface area contributed by atoms with Crippen molar-refractivity contribution in [1.29, 1.82) is 0 Å². The molecule has 0 unspecified atom stereocenters. The van der Waals surface area contributed by atoms with Crippen molar-refractivity contribution in [1.82, 2.24) is 0 Å². The first-order valence-electron chi connectivity index (χ1n) is 3.65. The molecule has 0 saturated heterocycles. The molecule has 0 aromatic heterocycles. The number of rotatable bonds is 5. The van der Waals surface area contributed by atoms with E-state index in [9.17, 15) is 0 Å². The Morgan fingerprint density at radius 1 is 0.600 bits per heavy atom. The highest BCUT2D eigenvalue weighted by atomic mass is 15.0. The average Bonchev–Trinajstić information content (AvgIpc) is 2.02. The first kappa shape index (κ1) is 12.5. The van der Waals surface area contributed by atoms with E-state index >= 15 is 0 Å². The summed E-state index contributed by atoms with van der Waals surface area (Å²) in [6, 6.07) is 0. The summed E-state index contributed by atoms with van der Waals surface area (Å²) in [5.74, 6) is 8.00. The van der Waals surface area contributed by atoms with E-state index in [0.717, 1.165) is 25.9 Å². The third-order valence-electron chi connectivity index (χ3n) is 1.16. The number of nitrogens with two attached hydrogens (primary N) is 4. The van der Waals surface area contributed by atoms with Gasteiger partial charge in [-0.25, -0.2) is 0 Å². The highest BCUT2D eigenvalue weighted by molar-refractivity contribution is 4.43. The van der Waals surface area contributed by atoms with Crippen molar-refractivity contribution < 1.29 is 0 Å². The molecule has 0 saturated carbocycles. The number of hydrogen-bond acceptors (Lipinski definition) is 4. The van der Waals surface area contributed by atoms with E-state index in [0.29, 0.717) is 0 Å². The zero-order valence-corrected chi connectivity index (χ0v) is 6.55. The van der Waals surface area contributed by atoms with Crippen LogP contribution in [0, 0.1) is 0 Å². The highest BCUT2D eigenvalue weighted by Crippen LogP contribution is 1.95. The molecule has 0 spiro atoms. The predicted octanol–water partition coefficient (Wildman–Crippen LogP) is -0.717. The van der Waals surface area contributed by atoms with Crippen LogP contribution in [0.1, 0.15) is 25.7 Å². The van der Waals surface area contributed by atoms with Crippen molar-refractivity contribution >= 4 is 0 Å². The van der Waals surface area contributed by atoms with E-state index < -0.39 is 0 Å². The fourth-order valence-electron chi connectivity index (χ4n) is 0.642. The molecule has 10 heavy (non-hydrogen) atoms. The molecule has 0 aliphatic heterocycles. The van der Waals surface area contributed by atoms with Gasteiger partial charge in [0.25, 0.3) is 0 Å². The third kappa shape index (κ3) is 15.7. The van der Waals surface area contributed by atoms with Gasteiger partial charge in [-0.05, 0) is 25.9 Å². The van der Waals surface area contributed by atoms with Crippen LogP contribution in [0.5, 0.6) is 0 Å². The second-order valence-electron chi connectivity index (χ2n) is 1.99. The maximum Gasteiger partial charge on any atom is -0.00773 e. The Morgan fingerprint density at radius 3 is 1.10 bits per heavy atom. The van der Waals surface area contributed by atoms with Gasteiger partial charge in [-0.1, -0.05) is 12.8 Å². The Labute approximate surface area is 62.9 Å². The van der Waals surface area contributed by atoms with Crippen molar-refractivity contribution in [2.24, 2.45) is 23.2 Å². The summed E-state index contributed by atoms with van der Waals surface area (Å²) in [6.45, 7) is 1.65. The van der Waals surface area contributed by atoms with Crippen LogP contribution in [0.2, 0.25) is 0 Å². The molecule has 8 N–H and O–H groups in total. The first-order valence-corrected chi connectivity index (χ1v) is 3.65. The lowest BCUT2D eigenvalue weighted by Crippen LogP contribution is -2.02. The second kappa shape index (κ2) is 15.9. The van der Waals surface area contributed by atoms with E-state index in [1.54, 1.807) is 0 Å². The van der Waals surface area contributed by atoms with Gasteiger partial charge in [0.2, 0.25) is 0 Å². The molecule has 0 radical (unpaired) electrons. The Balaban J connectivity index is 0. The van der Waals surface area contributed by atoms with E-state index in [2.05, 4.69) is 11.7 Å². The predicted molar refractivity (Wildman–Crippen MR) is 45.0 cm³/mol. The summed E-state index contributed by atoms with van der Waals surface area (Å²) in [7, 11) is 0. The molecular formula is C6H20N4. The first-order chi connectivity index (χ1) is 4.91. The minimum atomic E-state index is 0.824. The fraction of sp³-hybridized carbons (Fsp3) is 1.00. The molecule has 0 amide bonds. The van der Waals surface area contributed by atoms with Crippen LogP contribution >= 0.6 is 0 Å². The molecule has 0 heterocycles. The topological polar surface area (TPSA) is 104 Å². The molecule has 0 aliphatic rings. The van der Waals surface area contributed by atoms with Crippen molar-refractivity contribution in [3.8, 4) is 0 Å². The zero-order valence-electron chi connectivity index (χ0n) is 6.55. The van der Waals surface area contributed by atoms with Gasteiger partial charge in [-0.2, -0.15) is 0 Å². The molecule has 0 atom stereocenters. The van der Waals surface area contributed by atoms with Gasteiger partial charge in [-0.15, -0.1) is 0 Å². The van der Waals surface area contributed by atoms with Crippen LogP contribution in [-0.2, 0) is 0 Å². The lowest BCUT2D eigenvalue weighted by Gasteiger charge is -1.94. The molecule has 4 heteroatoms. The van der Waals surface area contributed by atoms with Crippen LogP contribution in [0.4, 0.5) is 0 Å². The molecular weight excluding hydrogens is 128 g/mol. The number of hydrogen-bond donors (Lipinski definition) is 4. The van der Waals surface area contributed by atoms with E-state index in [4.69, 9.17) is 11.5 Å². The summed E-state index contributed by atoms with van der Waals surface area (Å²) >= 11 is 0. The maximum atomic E-state index is 5.28. The molecule has 0 aromatic rings. The fourth-order valence-corrected chi connectivity index (χ4v) is 0.642. The van der Waals surface area contributed by atoms with Crippen LogP contribution in [0.25, 0.3) is 0 Å². The van der Waals surface area contributed by atoms with Gasteiger partial charge in [0.15, 0.2) is 0 Å². The summed E-state index contributed by atoms with van der Waals surface area (Å²) in [5.41, 5.74) is 10.6. The smallest absolute Gasteiger partial charge is 0.00773 e. The van der Waals surface area contributed by atoms with E-state index in [1.165, 1.54) is 12.8 Å². The third-order valence-corrected chi connectivity index (χ3v) is 1.16. The lowest BCUT2D eigenvalue weighted by molar-refractivity contribution is 0.653. The Kier molecular flexibility index (Phi) is 19.9. The van der Waals surface area contributed by atoms with Crippen LogP contribution in [0.15, 0.2) is 0 Å². The van der Waals surface area contributed by atoms with Gasteiger partial charge < -0.3 is 11.5 Å². The Morgan fingerprint density at radius 2 is 0.900 bits per heavy atom. The number of hydrazine groups is 1. The quantitative estimate of drug-likeness (QED) is 0.235. The molecule has 0 rings (SSSR count). The Hall–Kier alpha value is -0.160. The molecule has 4 nitrogen and oxygen atoms in total. The standard InChI is InChI=1S/C6H16N2.H4N2/c7-5-3-1-2-4-6-8;1-2/h1-8H2;1-2H2. The minimum absolute atomic E-state index is 0.824. The van der Waals surface area contributed by atoms with Crippen molar-refractivity contribution in [3.05, 3.63) is 0 Å². The lowest BCUT2D eigenvalue weighted by atomic mass is 10.2.